The van der Waals surface area contributed by atoms with E-state index >= 15 is 0 Å². The van der Waals surface area contributed by atoms with Crippen molar-refractivity contribution in [1.29, 1.82) is 0 Å². The Morgan fingerprint density at radius 3 is 2.30 bits per heavy atom. The Morgan fingerprint density at radius 1 is 0.900 bits per heavy atom. The molecule has 0 saturated carbocycles. The summed E-state index contributed by atoms with van der Waals surface area (Å²) < 4.78 is 0. The van der Waals surface area contributed by atoms with Crippen molar-refractivity contribution in [3.05, 3.63) is 99.5 Å². The van der Waals surface area contributed by atoms with Crippen LogP contribution in [0.2, 0.25) is 10.0 Å². The summed E-state index contributed by atoms with van der Waals surface area (Å²) in [5, 5.41) is 21.2. The fourth-order valence-electron chi connectivity index (χ4n) is 3.49. The Bertz CT molecular complexity index is 1190. The number of anilines is 1. The van der Waals surface area contributed by atoms with Crippen LogP contribution in [0.5, 0.6) is 5.75 Å². The van der Waals surface area contributed by atoms with Crippen LogP contribution in [0.1, 0.15) is 17.2 Å². The van der Waals surface area contributed by atoms with Crippen LogP contribution in [0, 0.1) is 0 Å². The quantitative estimate of drug-likeness (QED) is 0.328. The lowest BCUT2D eigenvalue weighted by molar-refractivity contribution is -0.132. The maximum Gasteiger partial charge on any atom is 0.300 e. The highest BCUT2D eigenvalue weighted by Gasteiger charge is 2.47. The van der Waals surface area contributed by atoms with E-state index < -0.39 is 17.7 Å². The molecule has 3 aromatic carbocycles. The number of para-hydroxylation sites is 1. The number of nitrogens with zero attached hydrogens (tertiary/aromatic N) is 1. The Balaban J connectivity index is 1.97. The number of benzene rings is 3. The molecule has 1 saturated heterocycles. The van der Waals surface area contributed by atoms with Gasteiger partial charge in [0.1, 0.15) is 11.5 Å². The summed E-state index contributed by atoms with van der Waals surface area (Å²) in [6.07, 6.45) is 0. The fraction of sp³-hybridized carbons (Fsp3) is 0.0435. The molecular weight excluding hydrogens is 425 g/mol. The number of ketones is 1. The lowest BCUT2D eigenvalue weighted by atomic mass is 9.95. The topological polar surface area (TPSA) is 77.8 Å². The van der Waals surface area contributed by atoms with Gasteiger partial charge < -0.3 is 10.2 Å². The van der Waals surface area contributed by atoms with Gasteiger partial charge in [0.15, 0.2) is 0 Å². The maximum absolute atomic E-state index is 13.0. The van der Waals surface area contributed by atoms with Gasteiger partial charge in [0.25, 0.3) is 11.7 Å². The minimum atomic E-state index is -0.940. The van der Waals surface area contributed by atoms with Crippen LogP contribution in [0.25, 0.3) is 5.76 Å². The molecule has 150 valence electrons. The summed E-state index contributed by atoms with van der Waals surface area (Å²) in [7, 11) is 0. The molecule has 2 N–H and O–H groups in total. The fourth-order valence-corrected chi connectivity index (χ4v) is 3.87. The Hall–Kier alpha value is -3.28. The van der Waals surface area contributed by atoms with E-state index in [4.69, 9.17) is 23.2 Å². The molecule has 30 heavy (non-hydrogen) atoms. The molecule has 1 atom stereocenters. The van der Waals surface area contributed by atoms with E-state index in [-0.39, 0.29) is 22.1 Å². The summed E-state index contributed by atoms with van der Waals surface area (Å²) in [5.41, 5.74) is 1.17. The first kappa shape index (κ1) is 20.0. The standard InChI is InChI=1S/C23H15Cl2NO4/c24-15-6-4-5-14(11-15)21(28)19-20(13-9-10-18(27)17(25)12-13)26(23(30)22(19)29)16-7-2-1-3-8-16/h1-12,20,27-28H/b21-19-. The molecule has 5 nitrogen and oxygen atoms in total. The molecular formula is C23H15Cl2NO4. The van der Waals surface area contributed by atoms with Crippen LogP contribution >= 0.6 is 23.2 Å². The monoisotopic (exact) mass is 439 g/mol. The normalized spacial score (nSPS) is 18.1. The van der Waals surface area contributed by atoms with Gasteiger partial charge in [0.05, 0.1) is 16.6 Å². The van der Waals surface area contributed by atoms with Crippen LogP contribution in [0.15, 0.2) is 78.4 Å². The number of aliphatic hydroxyl groups excluding tert-OH is 1. The van der Waals surface area contributed by atoms with E-state index in [0.29, 0.717) is 21.8 Å². The van der Waals surface area contributed by atoms with Crippen molar-refractivity contribution in [2.24, 2.45) is 0 Å². The van der Waals surface area contributed by atoms with Crippen LogP contribution in [0.4, 0.5) is 5.69 Å². The minimum Gasteiger partial charge on any atom is -0.507 e. The van der Waals surface area contributed by atoms with Crippen molar-refractivity contribution in [2.45, 2.75) is 6.04 Å². The zero-order valence-electron chi connectivity index (χ0n) is 15.4. The summed E-state index contributed by atoms with van der Waals surface area (Å²) in [4.78, 5) is 27.3. The number of carbonyl (C=O) groups excluding carboxylic acids is 2. The zero-order valence-corrected chi connectivity index (χ0v) is 16.9. The van der Waals surface area contributed by atoms with E-state index in [0.717, 1.165) is 0 Å². The van der Waals surface area contributed by atoms with E-state index in [1.165, 1.54) is 23.1 Å². The number of aliphatic hydroxyl groups is 1. The number of amides is 1. The highest BCUT2D eigenvalue weighted by Crippen LogP contribution is 2.43. The van der Waals surface area contributed by atoms with Crippen LogP contribution in [-0.4, -0.2) is 21.9 Å². The molecule has 1 aliphatic heterocycles. The first-order valence-corrected chi connectivity index (χ1v) is 9.74. The smallest absolute Gasteiger partial charge is 0.300 e. The molecule has 1 fully saturated rings. The second-order valence-corrected chi connectivity index (χ2v) is 7.57. The molecule has 4 rings (SSSR count). The first-order valence-electron chi connectivity index (χ1n) is 8.99. The number of halogens is 2. The number of phenolic OH excluding ortho intramolecular Hbond substituents is 1. The molecule has 1 heterocycles. The van der Waals surface area contributed by atoms with Gasteiger partial charge in [-0.2, -0.15) is 0 Å². The third-order valence-electron chi connectivity index (χ3n) is 4.86. The average Bonchev–Trinajstić information content (AvgIpc) is 3.01. The second-order valence-electron chi connectivity index (χ2n) is 6.73. The molecule has 0 radical (unpaired) electrons. The van der Waals surface area contributed by atoms with Crippen LogP contribution in [-0.2, 0) is 9.59 Å². The van der Waals surface area contributed by atoms with Crippen molar-refractivity contribution in [1.82, 2.24) is 0 Å². The van der Waals surface area contributed by atoms with E-state index in [2.05, 4.69) is 0 Å². The maximum atomic E-state index is 13.0. The Kier molecular flexibility index (Phi) is 5.24. The number of rotatable bonds is 3. The molecule has 0 aromatic heterocycles. The van der Waals surface area contributed by atoms with Gasteiger partial charge in [-0.15, -0.1) is 0 Å². The van der Waals surface area contributed by atoms with Crippen molar-refractivity contribution >= 4 is 46.3 Å². The molecule has 0 spiro atoms. The van der Waals surface area contributed by atoms with E-state index in [1.807, 2.05) is 0 Å². The van der Waals surface area contributed by atoms with Gasteiger partial charge >= 0.3 is 0 Å². The van der Waals surface area contributed by atoms with Gasteiger partial charge in [0, 0.05) is 16.3 Å². The number of phenols is 1. The molecule has 0 aliphatic carbocycles. The Labute approximate surface area is 182 Å². The van der Waals surface area contributed by atoms with E-state index in [9.17, 15) is 19.8 Å². The van der Waals surface area contributed by atoms with Gasteiger partial charge in [0.2, 0.25) is 0 Å². The second kappa shape index (κ2) is 7.86. The van der Waals surface area contributed by atoms with Crippen molar-refractivity contribution in [2.75, 3.05) is 4.90 Å². The largest absolute Gasteiger partial charge is 0.507 e. The predicted octanol–water partition coefficient (Wildman–Crippen LogP) is 5.33. The number of hydrogen-bond acceptors (Lipinski definition) is 4. The van der Waals surface area contributed by atoms with Crippen LogP contribution < -0.4 is 4.90 Å². The summed E-state index contributed by atoms with van der Waals surface area (Å²) in [6, 6.07) is 18.5. The summed E-state index contributed by atoms with van der Waals surface area (Å²) >= 11 is 12.1. The third-order valence-corrected chi connectivity index (χ3v) is 5.40. The number of aromatic hydroxyl groups is 1. The van der Waals surface area contributed by atoms with Crippen molar-refractivity contribution in [3.63, 3.8) is 0 Å². The van der Waals surface area contributed by atoms with Gasteiger partial charge in [-0.25, -0.2) is 0 Å². The van der Waals surface area contributed by atoms with E-state index in [1.54, 1.807) is 54.6 Å². The summed E-state index contributed by atoms with van der Waals surface area (Å²) in [5.74, 6) is -2.08. The zero-order chi connectivity index (χ0) is 21.4. The van der Waals surface area contributed by atoms with Crippen LogP contribution in [0.3, 0.4) is 0 Å². The van der Waals surface area contributed by atoms with Gasteiger partial charge in [-0.3, -0.25) is 14.5 Å². The Morgan fingerprint density at radius 2 is 1.63 bits per heavy atom. The number of carbonyl (C=O) groups is 2. The molecule has 0 bridgehead atoms. The lowest BCUT2D eigenvalue weighted by Crippen LogP contribution is -2.29. The number of hydrogen-bond donors (Lipinski definition) is 2. The highest BCUT2D eigenvalue weighted by molar-refractivity contribution is 6.51. The van der Waals surface area contributed by atoms with Crippen molar-refractivity contribution < 1.29 is 19.8 Å². The molecule has 7 heteroatoms. The summed E-state index contributed by atoms with van der Waals surface area (Å²) in [6.45, 7) is 0. The first-order chi connectivity index (χ1) is 14.4. The minimum absolute atomic E-state index is 0.0638. The predicted molar refractivity (Wildman–Crippen MR) is 116 cm³/mol. The molecule has 3 aromatic rings. The highest BCUT2D eigenvalue weighted by atomic mass is 35.5. The van der Waals surface area contributed by atoms with Gasteiger partial charge in [-0.1, -0.05) is 59.6 Å². The van der Waals surface area contributed by atoms with Gasteiger partial charge in [-0.05, 0) is 42.0 Å². The average molecular weight is 440 g/mol. The SMILES string of the molecule is O=C1C(=O)N(c2ccccc2)C(c2ccc(O)c(Cl)c2)/C1=C(/O)c1cccc(Cl)c1. The molecule has 1 aliphatic rings. The van der Waals surface area contributed by atoms with Crippen molar-refractivity contribution in [3.8, 4) is 5.75 Å². The lowest BCUT2D eigenvalue weighted by Gasteiger charge is -2.25. The molecule has 1 unspecified atom stereocenters. The third kappa shape index (κ3) is 3.43. The molecule has 1 amide bonds. The number of Topliss-reactive ketones (excluding diaryl/α,β-unsaturated/α-hetero) is 1.